The van der Waals surface area contributed by atoms with Gasteiger partial charge in [0.15, 0.2) is 0 Å². The molecule has 0 radical (unpaired) electrons. The SMILES string of the molecule is CCC(C)(NC(=O)CCC1CCNC1)c1nc(C)cs1. The first kappa shape index (κ1) is 15.4. The van der Waals surface area contributed by atoms with Crippen molar-refractivity contribution in [1.82, 2.24) is 15.6 Å². The molecule has 0 aromatic carbocycles. The average Bonchev–Trinajstić information content (AvgIpc) is 3.07. The Hall–Kier alpha value is -0.940. The van der Waals surface area contributed by atoms with Gasteiger partial charge in [0, 0.05) is 17.5 Å². The van der Waals surface area contributed by atoms with Crippen LogP contribution in [0, 0.1) is 12.8 Å². The predicted molar refractivity (Wildman–Crippen MR) is 82.8 cm³/mol. The Morgan fingerprint density at radius 2 is 2.45 bits per heavy atom. The fraction of sp³-hybridized carbons (Fsp3) is 0.733. The van der Waals surface area contributed by atoms with Crippen LogP contribution in [-0.2, 0) is 10.3 Å². The van der Waals surface area contributed by atoms with Gasteiger partial charge in [-0.05, 0) is 52.1 Å². The van der Waals surface area contributed by atoms with E-state index < -0.39 is 0 Å². The molecular formula is C15H25N3OS. The lowest BCUT2D eigenvalue weighted by atomic mass is 9.98. The van der Waals surface area contributed by atoms with Gasteiger partial charge in [-0.25, -0.2) is 4.98 Å². The molecule has 2 atom stereocenters. The van der Waals surface area contributed by atoms with Gasteiger partial charge in [0.2, 0.25) is 5.91 Å². The van der Waals surface area contributed by atoms with E-state index in [2.05, 4.69) is 29.5 Å². The zero-order valence-corrected chi connectivity index (χ0v) is 13.5. The smallest absolute Gasteiger partial charge is 0.220 e. The highest BCUT2D eigenvalue weighted by atomic mass is 32.1. The van der Waals surface area contributed by atoms with E-state index in [-0.39, 0.29) is 11.4 Å². The third kappa shape index (κ3) is 3.79. The van der Waals surface area contributed by atoms with Gasteiger partial charge in [-0.15, -0.1) is 11.3 Å². The lowest BCUT2D eigenvalue weighted by Gasteiger charge is -2.27. The molecule has 1 aromatic rings. The van der Waals surface area contributed by atoms with E-state index in [4.69, 9.17) is 0 Å². The van der Waals surface area contributed by atoms with Crippen molar-refractivity contribution in [3.05, 3.63) is 16.1 Å². The maximum atomic E-state index is 12.2. The number of amides is 1. The summed E-state index contributed by atoms with van der Waals surface area (Å²) in [5.74, 6) is 0.810. The molecule has 0 bridgehead atoms. The van der Waals surface area contributed by atoms with Crippen molar-refractivity contribution in [2.45, 2.75) is 52.0 Å². The molecule has 0 saturated carbocycles. The number of nitrogens with one attached hydrogen (secondary N) is 2. The normalized spacial score (nSPS) is 21.6. The second kappa shape index (κ2) is 6.68. The molecule has 2 rings (SSSR count). The van der Waals surface area contributed by atoms with Gasteiger partial charge in [0.05, 0.1) is 5.54 Å². The molecule has 1 aliphatic heterocycles. The van der Waals surface area contributed by atoms with Gasteiger partial charge in [-0.2, -0.15) is 0 Å². The Labute approximate surface area is 125 Å². The molecule has 4 nitrogen and oxygen atoms in total. The molecule has 2 unspecified atom stereocenters. The minimum absolute atomic E-state index is 0.147. The standard InChI is InChI=1S/C15H25N3OS/c1-4-15(3,14-17-11(2)10-20-14)18-13(19)6-5-12-7-8-16-9-12/h10,12,16H,4-9H2,1-3H3,(H,18,19). The van der Waals surface area contributed by atoms with E-state index in [0.29, 0.717) is 12.3 Å². The summed E-state index contributed by atoms with van der Waals surface area (Å²) in [7, 11) is 0. The number of carbonyl (C=O) groups excluding carboxylic acids is 1. The second-order valence-corrected chi connectivity index (χ2v) is 6.78. The van der Waals surface area contributed by atoms with Crippen LogP contribution < -0.4 is 10.6 Å². The summed E-state index contributed by atoms with van der Waals surface area (Å²) in [6, 6.07) is 0. The van der Waals surface area contributed by atoms with E-state index in [1.807, 2.05) is 12.3 Å². The van der Waals surface area contributed by atoms with Gasteiger partial charge in [0.25, 0.3) is 0 Å². The zero-order chi connectivity index (χ0) is 14.6. The van der Waals surface area contributed by atoms with Crippen LogP contribution in [0.2, 0.25) is 0 Å². The molecule has 0 aliphatic carbocycles. The number of aromatic nitrogens is 1. The molecule has 20 heavy (non-hydrogen) atoms. The minimum Gasteiger partial charge on any atom is -0.344 e. The first-order valence-corrected chi connectivity index (χ1v) is 8.36. The number of rotatable bonds is 6. The fourth-order valence-electron chi connectivity index (χ4n) is 2.57. The molecule has 2 heterocycles. The minimum atomic E-state index is -0.329. The van der Waals surface area contributed by atoms with Gasteiger partial charge in [0.1, 0.15) is 5.01 Å². The molecule has 1 aromatic heterocycles. The molecule has 5 heteroatoms. The van der Waals surface area contributed by atoms with E-state index in [1.54, 1.807) is 11.3 Å². The number of aryl methyl sites for hydroxylation is 1. The number of nitrogens with zero attached hydrogens (tertiary/aromatic N) is 1. The molecule has 0 spiro atoms. The summed E-state index contributed by atoms with van der Waals surface area (Å²) in [6.45, 7) is 8.31. The Morgan fingerprint density at radius 3 is 3.00 bits per heavy atom. The maximum Gasteiger partial charge on any atom is 0.220 e. The Morgan fingerprint density at radius 1 is 1.65 bits per heavy atom. The molecule has 1 amide bonds. The van der Waals surface area contributed by atoms with Crippen LogP contribution in [0.3, 0.4) is 0 Å². The van der Waals surface area contributed by atoms with E-state index in [9.17, 15) is 4.79 Å². The van der Waals surface area contributed by atoms with Gasteiger partial charge in [-0.1, -0.05) is 6.92 Å². The summed E-state index contributed by atoms with van der Waals surface area (Å²) in [5, 5.41) is 9.58. The number of hydrogen-bond acceptors (Lipinski definition) is 4. The summed E-state index contributed by atoms with van der Waals surface area (Å²) >= 11 is 1.63. The van der Waals surface area contributed by atoms with Crippen LogP contribution in [0.4, 0.5) is 0 Å². The molecule has 2 N–H and O–H groups in total. The third-order valence-corrected chi connectivity index (χ3v) is 5.38. The summed E-state index contributed by atoms with van der Waals surface area (Å²) in [6.07, 6.45) is 3.66. The highest BCUT2D eigenvalue weighted by Crippen LogP contribution is 2.28. The monoisotopic (exact) mass is 295 g/mol. The van der Waals surface area contributed by atoms with Crippen molar-refractivity contribution in [2.75, 3.05) is 13.1 Å². The predicted octanol–water partition coefficient (Wildman–Crippen LogP) is 2.58. The van der Waals surface area contributed by atoms with E-state index >= 15 is 0 Å². The molecular weight excluding hydrogens is 270 g/mol. The van der Waals surface area contributed by atoms with Crippen LogP contribution in [0.15, 0.2) is 5.38 Å². The van der Waals surface area contributed by atoms with Crippen molar-refractivity contribution in [3.63, 3.8) is 0 Å². The maximum absolute atomic E-state index is 12.2. The first-order valence-electron chi connectivity index (χ1n) is 7.48. The van der Waals surface area contributed by atoms with Crippen molar-refractivity contribution >= 4 is 17.2 Å². The van der Waals surface area contributed by atoms with Crippen LogP contribution in [0.25, 0.3) is 0 Å². The highest BCUT2D eigenvalue weighted by molar-refractivity contribution is 7.09. The lowest BCUT2D eigenvalue weighted by molar-refractivity contribution is -0.123. The summed E-state index contributed by atoms with van der Waals surface area (Å²) in [5.41, 5.74) is 0.695. The van der Waals surface area contributed by atoms with Crippen LogP contribution in [-0.4, -0.2) is 24.0 Å². The Balaban J connectivity index is 1.89. The van der Waals surface area contributed by atoms with Gasteiger partial charge in [-0.3, -0.25) is 4.79 Å². The molecule has 112 valence electrons. The number of carbonyl (C=O) groups is 1. The van der Waals surface area contributed by atoms with Crippen molar-refractivity contribution < 1.29 is 4.79 Å². The van der Waals surface area contributed by atoms with Gasteiger partial charge < -0.3 is 10.6 Å². The van der Waals surface area contributed by atoms with Crippen molar-refractivity contribution in [2.24, 2.45) is 5.92 Å². The quantitative estimate of drug-likeness (QED) is 0.848. The molecule has 1 fully saturated rings. The van der Waals surface area contributed by atoms with Crippen LogP contribution in [0.1, 0.15) is 50.2 Å². The van der Waals surface area contributed by atoms with Gasteiger partial charge >= 0.3 is 0 Å². The highest BCUT2D eigenvalue weighted by Gasteiger charge is 2.29. The topological polar surface area (TPSA) is 54.0 Å². The van der Waals surface area contributed by atoms with Crippen LogP contribution >= 0.6 is 11.3 Å². The van der Waals surface area contributed by atoms with E-state index in [0.717, 1.165) is 36.6 Å². The largest absolute Gasteiger partial charge is 0.344 e. The zero-order valence-electron chi connectivity index (χ0n) is 12.7. The number of thiazole rings is 1. The van der Waals surface area contributed by atoms with Crippen molar-refractivity contribution in [1.29, 1.82) is 0 Å². The first-order chi connectivity index (χ1) is 9.53. The summed E-state index contributed by atoms with van der Waals surface area (Å²) < 4.78 is 0. The van der Waals surface area contributed by atoms with E-state index in [1.165, 1.54) is 6.42 Å². The lowest BCUT2D eigenvalue weighted by Crippen LogP contribution is -2.43. The second-order valence-electron chi connectivity index (χ2n) is 5.93. The molecule has 1 aliphatic rings. The van der Waals surface area contributed by atoms with Crippen LogP contribution in [0.5, 0.6) is 0 Å². The fourth-order valence-corrected chi connectivity index (χ4v) is 3.55. The Kier molecular flexibility index (Phi) is 5.16. The molecule has 1 saturated heterocycles. The third-order valence-electron chi connectivity index (χ3n) is 4.16. The summed E-state index contributed by atoms with van der Waals surface area (Å²) in [4.78, 5) is 16.7. The Bertz CT molecular complexity index is 454. The van der Waals surface area contributed by atoms with Crippen molar-refractivity contribution in [3.8, 4) is 0 Å². The number of hydrogen-bond donors (Lipinski definition) is 2. The average molecular weight is 295 g/mol.